The van der Waals surface area contributed by atoms with Crippen LogP contribution in [0.15, 0.2) is 24.3 Å². The largest absolute Gasteiger partial charge is 0.491 e. The van der Waals surface area contributed by atoms with E-state index in [9.17, 15) is 27.1 Å². The lowest BCUT2D eigenvalue weighted by Gasteiger charge is -2.22. The molecule has 0 saturated heterocycles. The fourth-order valence-corrected chi connectivity index (χ4v) is 1.56. The van der Waals surface area contributed by atoms with Crippen LogP contribution in [0.4, 0.5) is 22.0 Å². The van der Waals surface area contributed by atoms with Crippen molar-refractivity contribution in [3.63, 3.8) is 0 Å². The van der Waals surface area contributed by atoms with Crippen LogP contribution in [-0.4, -0.2) is 23.3 Å². The summed E-state index contributed by atoms with van der Waals surface area (Å²) < 4.78 is 67.4. The van der Waals surface area contributed by atoms with E-state index in [4.69, 9.17) is 4.74 Å². The van der Waals surface area contributed by atoms with E-state index in [2.05, 4.69) is 0 Å². The second-order valence-corrected chi connectivity index (χ2v) is 4.83. The molecule has 0 aliphatic rings. The van der Waals surface area contributed by atoms with Gasteiger partial charge in [0.05, 0.1) is 18.6 Å². The summed E-state index contributed by atoms with van der Waals surface area (Å²) in [5, 5.41) is 9.52. The van der Waals surface area contributed by atoms with Crippen LogP contribution in [0, 0.1) is 0 Å². The van der Waals surface area contributed by atoms with Gasteiger partial charge in [0, 0.05) is 0 Å². The number of rotatable bonds is 6. The Morgan fingerprint density at radius 2 is 1.62 bits per heavy atom. The van der Waals surface area contributed by atoms with Gasteiger partial charge in [0.25, 0.3) is 0 Å². The third-order valence-corrected chi connectivity index (χ3v) is 3.04. The monoisotopic (exact) mass is 312 g/mol. The van der Waals surface area contributed by atoms with Crippen molar-refractivity contribution < 1.29 is 31.8 Å². The number of ether oxygens (including phenoxy) is 1. The highest BCUT2D eigenvalue weighted by atomic mass is 19.4. The lowest BCUT2D eigenvalue weighted by molar-refractivity contribution is -0.290. The topological polar surface area (TPSA) is 29.5 Å². The lowest BCUT2D eigenvalue weighted by Crippen LogP contribution is -2.37. The van der Waals surface area contributed by atoms with Crippen LogP contribution in [0.1, 0.15) is 38.4 Å². The van der Waals surface area contributed by atoms with Gasteiger partial charge in [-0.05, 0) is 31.0 Å². The zero-order valence-electron chi connectivity index (χ0n) is 11.6. The van der Waals surface area contributed by atoms with Crippen molar-refractivity contribution in [3.8, 4) is 5.75 Å². The first-order chi connectivity index (χ1) is 9.56. The average molecular weight is 312 g/mol. The summed E-state index contributed by atoms with van der Waals surface area (Å²) in [7, 11) is 0. The van der Waals surface area contributed by atoms with Crippen LogP contribution < -0.4 is 4.74 Å². The standard InChI is InChI=1S/C14H17F5O2/c1-3-9(2)21-11-6-4-10(5-7-11)12(20)8-13(15,16)14(17,18)19/h4-7,9,12,20H,3,8H2,1-2H3. The van der Waals surface area contributed by atoms with Crippen molar-refractivity contribution in [1.82, 2.24) is 0 Å². The van der Waals surface area contributed by atoms with Gasteiger partial charge < -0.3 is 9.84 Å². The summed E-state index contributed by atoms with van der Waals surface area (Å²) in [4.78, 5) is 0. The maximum atomic E-state index is 12.9. The number of halogens is 5. The second-order valence-electron chi connectivity index (χ2n) is 4.83. The van der Waals surface area contributed by atoms with Crippen LogP contribution in [0.25, 0.3) is 0 Å². The Balaban J connectivity index is 2.74. The van der Waals surface area contributed by atoms with Crippen LogP contribution in [0.5, 0.6) is 5.75 Å². The Labute approximate surface area is 119 Å². The molecule has 0 spiro atoms. The molecule has 2 nitrogen and oxygen atoms in total. The number of aliphatic hydroxyl groups excluding tert-OH is 1. The van der Waals surface area contributed by atoms with E-state index in [0.29, 0.717) is 5.75 Å². The molecule has 7 heteroatoms. The molecule has 120 valence electrons. The molecule has 0 bridgehead atoms. The van der Waals surface area contributed by atoms with Gasteiger partial charge in [-0.3, -0.25) is 0 Å². The van der Waals surface area contributed by atoms with E-state index in [0.717, 1.165) is 6.42 Å². The molecule has 0 aliphatic heterocycles. The highest BCUT2D eigenvalue weighted by Crippen LogP contribution is 2.41. The van der Waals surface area contributed by atoms with Crippen molar-refractivity contribution in [1.29, 1.82) is 0 Å². The Morgan fingerprint density at radius 3 is 2.05 bits per heavy atom. The van der Waals surface area contributed by atoms with Crippen LogP contribution in [-0.2, 0) is 0 Å². The molecule has 0 heterocycles. The third-order valence-electron chi connectivity index (χ3n) is 3.04. The summed E-state index contributed by atoms with van der Waals surface area (Å²) in [6, 6.07) is 5.40. The summed E-state index contributed by atoms with van der Waals surface area (Å²) in [6.45, 7) is 3.76. The summed E-state index contributed by atoms with van der Waals surface area (Å²) >= 11 is 0. The van der Waals surface area contributed by atoms with Gasteiger partial charge in [0.2, 0.25) is 0 Å². The second kappa shape index (κ2) is 6.60. The normalized spacial score (nSPS) is 15.6. The summed E-state index contributed by atoms with van der Waals surface area (Å²) in [6.07, 6.45) is -8.56. The fraction of sp³-hybridized carbons (Fsp3) is 0.571. The van der Waals surface area contributed by atoms with Crippen molar-refractivity contribution in [2.75, 3.05) is 0 Å². The smallest absolute Gasteiger partial charge is 0.453 e. The number of hydrogen-bond donors (Lipinski definition) is 1. The van der Waals surface area contributed by atoms with Crippen LogP contribution in [0.3, 0.4) is 0 Å². The molecular weight excluding hydrogens is 295 g/mol. The molecule has 0 aromatic heterocycles. The molecular formula is C14H17F5O2. The zero-order chi connectivity index (χ0) is 16.3. The van der Waals surface area contributed by atoms with Crippen LogP contribution >= 0.6 is 0 Å². The van der Waals surface area contributed by atoms with E-state index >= 15 is 0 Å². The molecule has 2 unspecified atom stereocenters. The highest BCUT2D eigenvalue weighted by molar-refractivity contribution is 5.28. The first kappa shape index (κ1) is 17.7. The Bertz CT molecular complexity index is 442. The minimum absolute atomic E-state index is 0.0181. The molecule has 1 N–H and O–H groups in total. The van der Waals surface area contributed by atoms with Crippen molar-refractivity contribution in [2.45, 2.75) is 51.0 Å². The van der Waals surface area contributed by atoms with Crippen molar-refractivity contribution in [2.24, 2.45) is 0 Å². The maximum absolute atomic E-state index is 12.9. The van der Waals surface area contributed by atoms with Gasteiger partial charge in [-0.15, -0.1) is 0 Å². The minimum Gasteiger partial charge on any atom is -0.491 e. The molecule has 1 aromatic rings. The fourth-order valence-electron chi connectivity index (χ4n) is 1.56. The minimum atomic E-state index is -5.67. The van der Waals surface area contributed by atoms with Crippen molar-refractivity contribution in [3.05, 3.63) is 29.8 Å². The molecule has 0 radical (unpaired) electrons. The summed E-state index contributed by atoms with van der Waals surface area (Å²) in [5.74, 6) is -4.47. The summed E-state index contributed by atoms with van der Waals surface area (Å²) in [5.41, 5.74) is -0.0181. The van der Waals surface area contributed by atoms with Crippen LogP contribution in [0.2, 0.25) is 0 Å². The van der Waals surface area contributed by atoms with Gasteiger partial charge in [-0.25, -0.2) is 0 Å². The number of alkyl halides is 5. The maximum Gasteiger partial charge on any atom is 0.453 e. The van der Waals surface area contributed by atoms with Gasteiger partial charge in [-0.2, -0.15) is 22.0 Å². The van der Waals surface area contributed by atoms with E-state index in [1.807, 2.05) is 13.8 Å². The van der Waals surface area contributed by atoms with Gasteiger partial charge in [0.15, 0.2) is 0 Å². The Kier molecular flexibility index (Phi) is 5.55. The highest BCUT2D eigenvalue weighted by Gasteiger charge is 2.58. The predicted molar refractivity (Wildman–Crippen MR) is 67.4 cm³/mol. The zero-order valence-corrected chi connectivity index (χ0v) is 11.6. The first-order valence-corrected chi connectivity index (χ1v) is 6.46. The molecule has 0 fully saturated rings. The number of hydrogen-bond acceptors (Lipinski definition) is 2. The third kappa shape index (κ3) is 4.84. The van der Waals surface area contributed by atoms with E-state index in [-0.39, 0.29) is 11.7 Å². The molecule has 1 aromatic carbocycles. The molecule has 21 heavy (non-hydrogen) atoms. The Hall–Kier alpha value is -1.37. The van der Waals surface area contributed by atoms with E-state index in [1.165, 1.54) is 24.3 Å². The van der Waals surface area contributed by atoms with Gasteiger partial charge in [-0.1, -0.05) is 19.1 Å². The quantitative estimate of drug-likeness (QED) is 0.785. The average Bonchev–Trinajstić information content (AvgIpc) is 2.37. The first-order valence-electron chi connectivity index (χ1n) is 6.46. The molecule has 1 rings (SSSR count). The number of benzene rings is 1. The van der Waals surface area contributed by atoms with Gasteiger partial charge in [0.1, 0.15) is 5.75 Å². The molecule has 0 saturated carbocycles. The van der Waals surface area contributed by atoms with Crippen molar-refractivity contribution >= 4 is 0 Å². The lowest BCUT2D eigenvalue weighted by atomic mass is 10.0. The molecule has 0 amide bonds. The SMILES string of the molecule is CCC(C)Oc1ccc(C(O)CC(F)(F)C(F)(F)F)cc1. The predicted octanol–water partition coefficient (Wildman–Crippen LogP) is 4.49. The molecule has 0 aliphatic carbocycles. The molecule has 2 atom stereocenters. The van der Waals surface area contributed by atoms with E-state index in [1.54, 1.807) is 0 Å². The van der Waals surface area contributed by atoms with Gasteiger partial charge >= 0.3 is 12.1 Å². The Morgan fingerprint density at radius 1 is 1.10 bits per heavy atom. The van der Waals surface area contributed by atoms with E-state index < -0.39 is 24.6 Å². The number of aliphatic hydroxyl groups is 1.